The molecule has 0 bridgehead atoms. The fourth-order valence-corrected chi connectivity index (χ4v) is 5.67. The lowest BCUT2D eigenvalue weighted by atomic mass is 10.0. The van der Waals surface area contributed by atoms with Crippen LogP contribution in [0.25, 0.3) is 0 Å². The molecule has 3 aromatic carbocycles. The number of rotatable bonds is 7. The molecule has 0 aromatic heterocycles. The summed E-state index contributed by atoms with van der Waals surface area (Å²) >= 11 is 0. The zero-order valence-corrected chi connectivity index (χ0v) is 20.0. The second kappa shape index (κ2) is 9.85. The van der Waals surface area contributed by atoms with Gasteiger partial charge in [0, 0.05) is 25.7 Å². The normalized spacial score (nSPS) is 13.3. The lowest BCUT2D eigenvalue weighted by molar-refractivity contribution is -0.132. The van der Waals surface area contributed by atoms with Crippen molar-refractivity contribution in [2.75, 3.05) is 24.5 Å². The van der Waals surface area contributed by atoms with Crippen molar-refractivity contribution in [3.63, 3.8) is 0 Å². The molecule has 178 valence electrons. The average Bonchev–Trinajstić information content (AvgIpc) is 2.84. The van der Waals surface area contributed by atoms with E-state index in [1.54, 1.807) is 44.3 Å². The molecule has 34 heavy (non-hydrogen) atoms. The number of carbonyl (C=O) groups is 1. The molecule has 3 aromatic rings. The Morgan fingerprint density at radius 2 is 1.82 bits per heavy atom. The van der Waals surface area contributed by atoms with Crippen molar-refractivity contribution in [1.29, 1.82) is 0 Å². The van der Waals surface area contributed by atoms with Crippen LogP contribution in [0, 0.1) is 12.7 Å². The molecule has 4 rings (SSSR count). The van der Waals surface area contributed by atoms with Gasteiger partial charge in [0.25, 0.3) is 15.9 Å². The molecule has 1 amide bonds. The largest absolute Gasteiger partial charge is 0.483 e. The van der Waals surface area contributed by atoms with Crippen LogP contribution in [0.2, 0.25) is 0 Å². The minimum atomic E-state index is -3.73. The minimum Gasteiger partial charge on any atom is -0.483 e. The Morgan fingerprint density at radius 1 is 1.09 bits per heavy atom. The van der Waals surface area contributed by atoms with Crippen LogP contribution >= 0.6 is 0 Å². The Kier molecular flexibility index (Phi) is 6.88. The third-order valence-corrected chi connectivity index (χ3v) is 7.75. The molecule has 0 unspecified atom stereocenters. The molecule has 0 aliphatic carbocycles. The molecule has 0 radical (unpaired) electrons. The zero-order valence-electron chi connectivity index (χ0n) is 19.2. The number of hydrogen-bond acceptors (Lipinski definition) is 4. The zero-order chi connectivity index (χ0) is 24.3. The summed E-state index contributed by atoms with van der Waals surface area (Å²) in [6.45, 7) is 2.06. The lowest BCUT2D eigenvalue weighted by Crippen LogP contribution is -2.35. The van der Waals surface area contributed by atoms with Crippen molar-refractivity contribution in [3.8, 4) is 5.75 Å². The van der Waals surface area contributed by atoms with E-state index in [0.29, 0.717) is 23.4 Å². The van der Waals surface area contributed by atoms with E-state index in [1.807, 2.05) is 24.3 Å². The van der Waals surface area contributed by atoms with E-state index >= 15 is 0 Å². The minimum absolute atomic E-state index is 0.127. The number of sulfonamides is 1. The highest BCUT2D eigenvalue weighted by Gasteiger charge is 2.29. The van der Waals surface area contributed by atoms with Crippen molar-refractivity contribution in [3.05, 3.63) is 89.2 Å². The van der Waals surface area contributed by atoms with E-state index in [4.69, 9.17) is 4.74 Å². The van der Waals surface area contributed by atoms with Crippen molar-refractivity contribution in [1.82, 2.24) is 4.90 Å². The third kappa shape index (κ3) is 4.92. The summed E-state index contributed by atoms with van der Waals surface area (Å²) in [7, 11) is -2.15. The summed E-state index contributed by atoms with van der Waals surface area (Å²) in [6, 6.07) is 18.5. The Bertz CT molecular complexity index is 1310. The van der Waals surface area contributed by atoms with Gasteiger partial charge in [0.05, 0.1) is 10.6 Å². The summed E-state index contributed by atoms with van der Waals surface area (Å²) in [5, 5.41) is 0. The third-order valence-electron chi connectivity index (χ3n) is 5.94. The van der Waals surface area contributed by atoms with E-state index in [1.165, 1.54) is 21.3 Å². The number of ether oxygens (including phenoxy) is 1. The topological polar surface area (TPSA) is 66.9 Å². The highest BCUT2D eigenvalue weighted by atomic mass is 32.2. The van der Waals surface area contributed by atoms with E-state index in [0.717, 1.165) is 24.1 Å². The smallest absolute Gasteiger partial charge is 0.264 e. The van der Waals surface area contributed by atoms with Crippen LogP contribution in [0.3, 0.4) is 0 Å². The van der Waals surface area contributed by atoms with Crippen LogP contribution in [0.1, 0.15) is 23.1 Å². The van der Waals surface area contributed by atoms with Gasteiger partial charge < -0.3 is 9.64 Å². The Balaban J connectivity index is 1.44. The summed E-state index contributed by atoms with van der Waals surface area (Å²) in [5.74, 6) is -0.262. The first-order valence-corrected chi connectivity index (χ1v) is 12.5. The summed E-state index contributed by atoms with van der Waals surface area (Å²) in [5.41, 5.74) is 2.77. The molecule has 1 aliphatic rings. The van der Waals surface area contributed by atoms with Crippen molar-refractivity contribution < 1.29 is 22.3 Å². The van der Waals surface area contributed by atoms with E-state index in [2.05, 4.69) is 0 Å². The summed E-state index contributed by atoms with van der Waals surface area (Å²) < 4.78 is 47.7. The van der Waals surface area contributed by atoms with Gasteiger partial charge in [0.1, 0.15) is 11.6 Å². The predicted octanol–water partition coefficient (Wildman–Crippen LogP) is 4.31. The van der Waals surface area contributed by atoms with Gasteiger partial charge in [0.15, 0.2) is 6.61 Å². The first-order chi connectivity index (χ1) is 16.3. The van der Waals surface area contributed by atoms with Crippen LogP contribution in [-0.4, -0.2) is 39.4 Å². The standard InChI is InChI=1S/C26H27FN2O4S/c1-19-16-22(34(31,32)29-15-7-10-20-8-4-6-12-24(20)29)13-14-25(19)33-18-26(30)28(2)17-21-9-3-5-11-23(21)27/h3-6,8-9,11-14,16H,7,10,15,17-18H2,1-2H3. The van der Waals surface area contributed by atoms with Gasteiger partial charge in [-0.05, 0) is 61.2 Å². The maximum atomic E-state index is 13.8. The Hall–Kier alpha value is -3.39. The van der Waals surface area contributed by atoms with E-state index < -0.39 is 10.0 Å². The monoisotopic (exact) mass is 482 g/mol. The number of anilines is 1. The van der Waals surface area contributed by atoms with Crippen molar-refractivity contribution >= 4 is 21.6 Å². The predicted molar refractivity (Wildman–Crippen MR) is 129 cm³/mol. The second-order valence-corrected chi connectivity index (χ2v) is 10.2. The van der Waals surface area contributed by atoms with Gasteiger partial charge in [-0.15, -0.1) is 0 Å². The fourth-order valence-electron chi connectivity index (χ4n) is 4.04. The number of carbonyl (C=O) groups excluding carboxylic acids is 1. The Labute approximate surface area is 199 Å². The van der Waals surface area contributed by atoms with Gasteiger partial charge in [-0.3, -0.25) is 9.10 Å². The SMILES string of the molecule is Cc1cc(S(=O)(=O)N2CCCc3ccccc32)ccc1OCC(=O)N(C)Cc1ccccc1F. The molecule has 0 saturated heterocycles. The molecule has 1 aliphatic heterocycles. The molecule has 0 atom stereocenters. The quantitative estimate of drug-likeness (QED) is 0.503. The molecule has 0 N–H and O–H groups in total. The highest BCUT2D eigenvalue weighted by Crippen LogP contribution is 2.33. The van der Waals surface area contributed by atoms with Crippen LogP contribution < -0.4 is 9.04 Å². The Morgan fingerprint density at radius 3 is 2.59 bits per heavy atom. The maximum absolute atomic E-state index is 13.8. The van der Waals surface area contributed by atoms with E-state index in [-0.39, 0.29) is 29.8 Å². The van der Waals surface area contributed by atoms with Gasteiger partial charge in [-0.2, -0.15) is 0 Å². The number of nitrogens with zero attached hydrogens (tertiary/aromatic N) is 2. The number of fused-ring (bicyclic) bond motifs is 1. The molecule has 8 heteroatoms. The summed E-state index contributed by atoms with van der Waals surface area (Å²) in [4.78, 5) is 14.0. The maximum Gasteiger partial charge on any atom is 0.264 e. The number of amides is 1. The van der Waals surface area contributed by atoms with Crippen LogP contribution in [0.15, 0.2) is 71.6 Å². The molecule has 0 saturated carbocycles. The van der Waals surface area contributed by atoms with Crippen LogP contribution in [-0.2, 0) is 27.8 Å². The van der Waals surface area contributed by atoms with Crippen LogP contribution in [0.5, 0.6) is 5.75 Å². The molecule has 6 nitrogen and oxygen atoms in total. The molecule has 1 heterocycles. The number of benzene rings is 3. The first kappa shape index (κ1) is 23.8. The average molecular weight is 483 g/mol. The molecular weight excluding hydrogens is 455 g/mol. The van der Waals surface area contributed by atoms with Crippen molar-refractivity contribution in [2.24, 2.45) is 0 Å². The number of halogens is 1. The summed E-state index contributed by atoms with van der Waals surface area (Å²) in [6.07, 6.45) is 1.62. The molecule has 0 fully saturated rings. The number of likely N-dealkylation sites (N-methyl/N-ethyl adjacent to an activating group) is 1. The molecular formula is C26H27FN2O4S. The van der Waals surface area contributed by atoms with Gasteiger partial charge in [0.2, 0.25) is 0 Å². The van der Waals surface area contributed by atoms with Gasteiger partial charge >= 0.3 is 0 Å². The van der Waals surface area contributed by atoms with Crippen LogP contribution in [0.4, 0.5) is 10.1 Å². The number of aryl methyl sites for hydroxylation is 2. The van der Waals surface area contributed by atoms with Gasteiger partial charge in [-0.25, -0.2) is 12.8 Å². The lowest BCUT2D eigenvalue weighted by Gasteiger charge is -2.30. The fraction of sp³-hybridized carbons (Fsp3) is 0.269. The van der Waals surface area contributed by atoms with Gasteiger partial charge in [-0.1, -0.05) is 36.4 Å². The van der Waals surface area contributed by atoms with Crippen molar-refractivity contribution in [2.45, 2.75) is 31.2 Å². The first-order valence-electron chi connectivity index (χ1n) is 11.1. The highest BCUT2D eigenvalue weighted by molar-refractivity contribution is 7.92. The number of para-hydroxylation sites is 1. The van der Waals surface area contributed by atoms with E-state index in [9.17, 15) is 17.6 Å². The second-order valence-electron chi connectivity index (χ2n) is 8.37. The number of hydrogen-bond donors (Lipinski definition) is 0. The molecule has 0 spiro atoms.